The van der Waals surface area contributed by atoms with Gasteiger partial charge in [0.05, 0.1) is 23.3 Å². The summed E-state index contributed by atoms with van der Waals surface area (Å²) in [6, 6.07) is 26.0. The van der Waals surface area contributed by atoms with Crippen LogP contribution in [0.15, 0.2) is 83.9 Å². The highest BCUT2D eigenvalue weighted by atomic mass is 16.2. The van der Waals surface area contributed by atoms with Crippen LogP contribution in [0.25, 0.3) is 0 Å². The fourth-order valence-electron chi connectivity index (χ4n) is 5.93. The first-order chi connectivity index (χ1) is 18.0. The summed E-state index contributed by atoms with van der Waals surface area (Å²) in [4.78, 5) is 36.8. The monoisotopic (exact) mass is 493 g/mol. The maximum absolute atomic E-state index is 14.0. The summed E-state index contributed by atoms with van der Waals surface area (Å²) in [5, 5.41) is 0. The number of aliphatic imine (C=N–C) groups is 1. The van der Waals surface area contributed by atoms with Crippen molar-refractivity contribution in [2.75, 3.05) is 22.9 Å². The summed E-state index contributed by atoms with van der Waals surface area (Å²) >= 11 is 0. The molecular weight excluding hydrogens is 458 g/mol. The van der Waals surface area contributed by atoms with Crippen molar-refractivity contribution >= 4 is 34.5 Å². The Labute approximate surface area is 219 Å². The molecule has 37 heavy (non-hydrogen) atoms. The fraction of sp³-hybridized carbons (Fsp3) is 0.344. The standard InChI is InChI=1S/C32H35N3O2/c1-4-30(37)35-28-15-11-10-14-26(28)33-27-20-24(22-12-8-7-9-13-22)21-29(36)31(27)32(35)23-16-18-25(19-17-23)34(5-2)6-3/h7-19,24,31-32H,4-6,20-21H2,1-3H3. The van der Waals surface area contributed by atoms with E-state index in [9.17, 15) is 9.59 Å². The van der Waals surface area contributed by atoms with Gasteiger partial charge in [0.2, 0.25) is 5.91 Å². The van der Waals surface area contributed by atoms with E-state index in [1.807, 2.05) is 54.3 Å². The van der Waals surface area contributed by atoms with Crippen LogP contribution in [0.2, 0.25) is 0 Å². The van der Waals surface area contributed by atoms with Gasteiger partial charge < -0.3 is 9.80 Å². The van der Waals surface area contributed by atoms with E-state index < -0.39 is 12.0 Å². The number of anilines is 2. The van der Waals surface area contributed by atoms with Crippen molar-refractivity contribution < 1.29 is 9.59 Å². The van der Waals surface area contributed by atoms with Gasteiger partial charge in [0.15, 0.2) is 0 Å². The van der Waals surface area contributed by atoms with Crippen molar-refractivity contribution in [3.63, 3.8) is 0 Å². The largest absolute Gasteiger partial charge is 0.372 e. The third-order valence-corrected chi connectivity index (χ3v) is 7.81. The van der Waals surface area contributed by atoms with E-state index in [2.05, 4.69) is 55.1 Å². The summed E-state index contributed by atoms with van der Waals surface area (Å²) in [6.07, 6.45) is 1.51. The molecule has 1 fully saturated rings. The molecule has 1 saturated carbocycles. The van der Waals surface area contributed by atoms with Crippen LogP contribution in [0.3, 0.4) is 0 Å². The fourth-order valence-corrected chi connectivity index (χ4v) is 5.93. The van der Waals surface area contributed by atoms with E-state index in [0.29, 0.717) is 19.3 Å². The molecule has 2 aliphatic rings. The lowest BCUT2D eigenvalue weighted by Crippen LogP contribution is -2.45. The Morgan fingerprint density at radius 1 is 0.865 bits per heavy atom. The zero-order valence-electron chi connectivity index (χ0n) is 21.9. The zero-order valence-corrected chi connectivity index (χ0v) is 21.9. The Hall–Kier alpha value is -3.73. The maximum atomic E-state index is 14.0. The molecule has 3 atom stereocenters. The Kier molecular flexibility index (Phi) is 7.22. The van der Waals surface area contributed by atoms with Gasteiger partial charge in [0.25, 0.3) is 0 Å². The number of Topliss-reactive ketones (excluding diaryl/α,β-unsaturated/α-hetero) is 1. The van der Waals surface area contributed by atoms with E-state index in [1.54, 1.807) is 0 Å². The number of carbonyl (C=O) groups excluding carboxylic acids is 2. The van der Waals surface area contributed by atoms with E-state index in [0.717, 1.165) is 47.0 Å². The van der Waals surface area contributed by atoms with Crippen molar-refractivity contribution in [1.29, 1.82) is 0 Å². The molecule has 0 aromatic heterocycles. The molecule has 5 heteroatoms. The SMILES string of the molecule is CCC(=O)N1c2ccccc2N=C2CC(c3ccccc3)CC(=O)C2C1c1ccc(N(CC)CC)cc1. The molecule has 5 nitrogen and oxygen atoms in total. The predicted molar refractivity (Wildman–Crippen MR) is 151 cm³/mol. The van der Waals surface area contributed by atoms with Gasteiger partial charge in [0, 0.05) is 37.3 Å². The summed E-state index contributed by atoms with van der Waals surface area (Å²) in [5.41, 5.74) is 5.69. The summed E-state index contributed by atoms with van der Waals surface area (Å²) < 4.78 is 0. The van der Waals surface area contributed by atoms with Crippen LogP contribution in [0.4, 0.5) is 17.1 Å². The van der Waals surface area contributed by atoms with Crippen LogP contribution in [0, 0.1) is 5.92 Å². The second kappa shape index (κ2) is 10.7. The highest BCUT2D eigenvalue weighted by Gasteiger charge is 2.45. The third-order valence-electron chi connectivity index (χ3n) is 7.81. The van der Waals surface area contributed by atoms with Crippen LogP contribution < -0.4 is 9.80 Å². The predicted octanol–water partition coefficient (Wildman–Crippen LogP) is 6.87. The van der Waals surface area contributed by atoms with Gasteiger partial charge >= 0.3 is 0 Å². The summed E-state index contributed by atoms with van der Waals surface area (Å²) in [7, 11) is 0. The number of para-hydroxylation sites is 2. The minimum Gasteiger partial charge on any atom is -0.372 e. The zero-order chi connectivity index (χ0) is 25.9. The van der Waals surface area contributed by atoms with E-state index in [-0.39, 0.29) is 17.6 Å². The van der Waals surface area contributed by atoms with Gasteiger partial charge in [0.1, 0.15) is 5.78 Å². The van der Waals surface area contributed by atoms with Gasteiger partial charge in [-0.3, -0.25) is 14.6 Å². The lowest BCUT2D eigenvalue weighted by atomic mass is 9.72. The van der Waals surface area contributed by atoms with E-state index in [1.165, 1.54) is 0 Å². The normalized spacial score (nSPS) is 20.9. The highest BCUT2D eigenvalue weighted by molar-refractivity contribution is 6.13. The van der Waals surface area contributed by atoms with Crippen LogP contribution in [0.5, 0.6) is 0 Å². The Balaban J connectivity index is 1.64. The number of rotatable bonds is 6. The van der Waals surface area contributed by atoms with Crippen molar-refractivity contribution in [2.24, 2.45) is 10.9 Å². The molecule has 1 aliphatic carbocycles. The van der Waals surface area contributed by atoms with Crippen molar-refractivity contribution in [3.8, 4) is 0 Å². The van der Waals surface area contributed by atoms with Gasteiger partial charge in [-0.2, -0.15) is 0 Å². The molecule has 3 unspecified atom stereocenters. The van der Waals surface area contributed by atoms with Crippen molar-refractivity contribution in [2.45, 2.75) is 52.0 Å². The van der Waals surface area contributed by atoms with Crippen molar-refractivity contribution in [3.05, 3.63) is 90.0 Å². The van der Waals surface area contributed by atoms with Crippen LogP contribution in [-0.4, -0.2) is 30.5 Å². The topological polar surface area (TPSA) is 53.0 Å². The lowest BCUT2D eigenvalue weighted by Gasteiger charge is -2.39. The van der Waals surface area contributed by atoms with Crippen LogP contribution in [-0.2, 0) is 9.59 Å². The molecule has 0 spiro atoms. The number of hydrogen-bond donors (Lipinski definition) is 0. The molecule has 5 rings (SSSR count). The highest BCUT2D eigenvalue weighted by Crippen LogP contribution is 2.47. The number of amides is 1. The number of fused-ring (bicyclic) bond motifs is 2. The second-order valence-corrected chi connectivity index (χ2v) is 9.88. The quantitative estimate of drug-likeness (QED) is 0.377. The van der Waals surface area contributed by atoms with Gasteiger partial charge in [-0.15, -0.1) is 0 Å². The van der Waals surface area contributed by atoms with Crippen LogP contribution >= 0.6 is 0 Å². The minimum atomic E-state index is -0.470. The first-order valence-electron chi connectivity index (χ1n) is 13.5. The van der Waals surface area contributed by atoms with Crippen LogP contribution in [0.1, 0.15) is 63.1 Å². The first kappa shape index (κ1) is 24.9. The smallest absolute Gasteiger partial charge is 0.227 e. The molecule has 0 radical (unpaired) electrons. The maximum Gasteiger partial charge on any atom is 0.227 e. The average molecular weight is 494 g/mol. The molecule has 1 heterocycles. The molecular formula is C32H35N3O2. The molecule has 0 N–H and O–H groups in total. The average Bonchev–Trinajstić information content (AvgIpc) is 3.09. The lowest BCUT2D eigenvalue weighted by molar-refractivity contribution is -0.123. The van der Waals surface area contributed by atoms with E-state index >= 15 is 0 Å². The summed E-state index contributed by atoms with van der Waals surface area (Å²) in [5.74, 6) is -0.227. The van der Waals surface area contributed by atoms with Gasteiger partial charge in [-0.05, 0) is 61.6 Å². The Morgan fingerprint density at radius 3 is 2.22 bits per heavy atom. The third kappa shape index (κ3) is 4.71. The van der Waals surface area contributed by atoms with E-state index in [4.69, 9.17) is 4.99 Å². The second-order valence-electron chi connectivity index (χ2n) is 9.88. The molecule has 0 bridgehead atoms. The number of ketones is 1. The molecule has 3 aromatic rings. The number of nitrogens with zero attached hydrogens (tertiary/aromatic N) is 3. The number of hydrogen-bond acceptors (Lipinski definition) is 4. The Bertz CT molecular complexity index is 1300. The Morgan fingerprint density at radius 2 is 1.54 bits per heavy atom. The molecule has 1 amide bonds. The summed E-state index contributed by atoms with van der Waals surface area (Å²) in [6.45, 7) is 8.02. The molecule has 1 aliphatic heterocycles. The van der Waals surface area contributed by atoms with Gasteiger partial charge in [-0.25, -0.2) is 0 Å². The molecule has 0 saturated heterocycles. The molecule has 190 valence electrons. The number of carbonyl (C=O) groups is 2. The van der Waals surface area contributed by atoms with Gasteiger partial charge in [-0.1, -0.05) is 61.5 Å². The first-order valence-corrected chi connectivity index (χ1v) is 13.5. The number of benzene rings is 3. The minimum absolute atomic E-state index is 0.000276. The molecule has 3 aromatic carbocycles. The van der Waals surface area contributed by atoms with Crippen molar-refractivity contribution in [1.82, 2.24) is 0 Å².